The maximum Gasteiger partial charge on any atom is 0.224 e. The molecule has 0 radical (unpaired) electrons. The molecular weight excluding hydrogens is 325 g/mol. The van der Waals surface area contributed by atoms with Gasteiger partial charge in [0.05, 0.1) is 22.5 Å². The van der Waals surface area contributed by atoms with Crippen LogP contribution in [-0.2, 0) is 11.2 Å². The average Bonchev–Trinajstić information content (AvgIpc) is 2.93. The molecule has 0 aliphatic heterocycles. The van der Waals surface area contributed by atoms with Crippen molar-refractivity contribution in [1.29, 1.82) is 0 Å². The Labute approximate surface area is 139 Å². The number of rotatable bonds is 5. The first-order valence-corrected chi connectivity index (χ1v) is 8.37. The predicted molar refractivity (Wildman–Crippen MR) is 90.2 cm³/mol. The first-order chi connectivity index (χ1) is 9.97. The molecule has 21 heavy (non-hydrogen) atoms. The third kappa shape index (κ3) is 4.47. The number of thiophene rings is 1. The third-order valence-corrected chi connectivity index (χ3v) is 4.88. The molecule has 1 amide bonds. The number of nitrogens with one attached hydrogen (secondary N) is 1. The van der Waals surface area contributed by atoms with Crippen LogP contribution < -0.4 is 5.32 Å². The number of benzene rings is 1. The first-order valence-electron chi connectivity index (χ1n) is 6.74. The van der Waals surface area contributed by atoms with Gasteiger partial charge < -0.3 is 5.32 Å². The Morgan fingerprint density at radius 3 is 2.57 bits per heavy atom. The Morgan fingerprint density at radius 2 is 2.00 bits per heavy atom. The van der Waals surface area contributed by atoms with Gasteiger partial charge in [-0.1, -0.05) is 49.2 Å². The van der Waals surface area contributed by atoms with Gasteiger partial charge in [-0.2, -0.15) is 0 Å². The van der Waals surface area contributed by atoms with Crippen molar-refractivity contribution in [2.45, 2.75) is 26.3 Å². The number of hydrogen-bond acceptors (Lipinski definition) is 2. The van der Waals surface area contributed by atoms with Gasteiger partial charge in [0.15, 0.2) is 0 Å². The SMILES string of the molecule is CC(C)[C@H](NC(=O)Cc1ccc(Cl)c(Cl)c1)c1cccs1. The average molecular weight is 342 g/mol. The van der Waals surface area contributed by atoms with Crippen LogP contribution >= 0.6 is 34.5 Å². The van der Waals surface area contributed by atoms with Gasteiger partial charge >= 0.3 is 0 Å². The van der Waals surface area contributed by atoms with Gasteiger partial charge in [0.1, 0.15) is 0 Å². The summed E-state index contributed by atoms with van der Waals surface area (Å²) < 4.78 is 0. The molecule has 1 heterocycles. The lowest BCUT2D eigenvalue weighted by Gasteiger charge is -2.21. The molecular formula is C16H17Cl2NOS. The molecule has 2 aromatic rings. The standard InChI is InChI=1S/C16H17Cl2NOS/c1-10(2)16(14-4-3-7-21-14)19-15(20)9-11-5-6-12(17)13(18)8-11/h3-8,10,16H,9H2,1-2H3,(H,19,20)/t16-/m0/s1. The third-order valence-electron chi connectivity index (χ3n) is 3.18. The quantitative estimate of drug-likeness (QED) is 0.804. The summed E-state index contributed by atoms with van der Waals surface area (Å²) in [6.07, 6.45) is 0.297. The minimum absolute atomic E-state index is 0.0134. The molecule has 2 rings (SSSR count). The predicted octanol–water partition coefficient (Wildman–Crippen LogP) is 5.11. The Balaban J connectivity index is 2.04. The molecule has 0 aliphatic rings. The number of hydrogen-bond donors (Lipinski definition) is 1. The van der Waals surface area contributed by atoms with E-state index in [4.69, 9.17) is 23.2 Å². The minimum Gasteiger partial charge on any atom is -0.348 e. The van der Waals surface area contributed by atoms with Crippen molar-refractivity contribution in [1.82, 2.24) is 5.32 Å². The van der Waals surface area contributed by atoms with Crippen molar-refractivity contribution in [2.24, 2.45) is 5.92 Å². The highest BCUT2D eigenvalue weighted by molar-refractivity contribution is 7.10. The topological polar surface area (TPSA) is 29.1 Å². The van der Waals surface area contributed by atoms with Crippen molar-refractivity contribution in [3.63, 3.8) is 0 Å². The summed E-state index contributed by atoms with van der Waals surface area (Å²) in [6, 6.07) is 9.36. The largest absolute Gasteiger partial charge is 0.348 e. The Kier molecular flexibility index (Phi) is 5.68. The van der Waals surface area contributed by atoms with E-state index in [0.29, 0.717) is 22.4 Å². The number of halogens is 2. The van der Waals surface area contributed by atoms with E-state index in [-0.39, 0.29) is 11.9 Å². The number of carbonyl (C=O) groups is 1. The van der Waals surface area contributed by atoms with Gasteiger partial charge in [-0.15, -0.1) is 11.3 Å². The summed E-state index contributed by atoms with van der Waals surface area (Å²) in [5.74, 6) is 0.321. The molecule has 2 nitrogen and oxygen atoms in total. The monoisotopic (exact) mass is 341 g/mol. The molecule has 1 aromatic carbocycles. The van der Waals surface area contributed by atoms with E-state index in [2.05, 4.69) is 25.2 Å². The van der Waals surface area contributed by atoms with Crippen molar-refractivity contribution in [2.75, 3.05) is 0 Å². The normalized spacial score (nSPS) is 12.4. The lowest BCUT2D eigenvalue weighted by molar-refractivity contribution is -0.121. The zero-order valence-electron chi connectivity index (χ0n) is 11.9. The van der Waals surface area contributed by atoms with Crippen LogP contribution in [0.2, 0.25) is 10.0 Å². The highest BCUT2D eigenvalue weighted by Gasteiger charge is 2.19. The van der Waals surface area contributed by atoms with Gasteiger partial charge in [-0.05, 0) is 35.1 Å². The zero-order valence-corrected chi connectivity index (χ0v) is 14.2. The van der Waals surface area contributed by atoms with E-state index < -0.39 is 0 Å². The first kappa shape index (κ1) is 16.3. The van der Waals surface area contributed by atoms with Crippen LogP contribution in [0.15, 0.2) is 35.7 Å². The Hall–Kier alpha value is -1.03. The van der Waals surface area contributed by atoms with Crippen LogP contribution in [0.25, 0.3) is 0 Å². The highest BCUT2D eigenvalue weighted by Crippen LogP contribution is 2.26. The number of amides is 1. The molecule has 1 aromatic heterocycles. The van der Waals surface area contributed by atoms with Crippen LogP contribution in [0.1, 0.15) is 30.3 Å². The smallest absolute Gasteiger partial charge is 0.224 e. The summed E-state index contributed by atoms with van der Waals surface area (Å²) in [4.78, 5) is 13.4. The Morgan fingerprint density at radius 1 is 1.24 bits per heavy atom. The highest BCUT2D eigenvalue weighted by atomic mass is 35.5. The maximum absolute atomic E-state index is 12.2. The van der Waals surface area contributed by atoms with Gasteiger partial charge in [0.25, 0.3) is 0 Å². The van der Waals surface area contributed by atoms with Crippen molar-refractivity contribution < 1.29 is 4.79 Å². The van der Waals surface area contributed by atoms with E-state index in [1.807, 2.05) is 17.5 Å². The summed E-state index contributed by atoms with van der Waals surface area (Å²) in [6.45, 7) is 4.20. The van der Waals surface area contributed by atoms with E-state index >= 15 is 0 Å². The van der Waals surface area contributed by atoms with Crippen molar-refractivity contribution >= 4 is 40.4 Å². The fourth-order valence-electron chi connectivity index (χ4n) is 2.09. The summed E-state index contributed by atoms with van der Waals surface area (Å²) in [7, 11) is 0. The van der Waals surface area contributed by atoms with Gasteiger partial charge in [-0.25, -0.2) is 0 Å². The Bertz CT molecular complexity index is 611. The second kappa shape index (κ2) is 7.30. The van der Waals surface area contributed by atoms with E-state index in [9.17, 15) is 4.79 Å². The molecule has 0 spiro atoms. The second-order valence-corrected chi connectivity index (χ2v) is 7.02. The van der Waals surface area contributed by atoms with E-state index in [1.165, 1.54) is 4.88 Å². The molecule has 5 heteroatoms. The van der Waals surface area contributed by atoms with Crippen LogP contribution in [0.3, 0.4) is 0 Å². The summed E-state index contributed by atoms with van der Waals surface area (Å²) in [5.41, 5.74) is 0.857. The lowest BCUT2D eigenvalue weighted by atomic mass is 10.0. The van der Waals surface area contributed by atoms with E-state index in [0.717, 1.165) is 5.56 Å². The molecule has 0 unspecified atom stereocenters. The van der Waals surface area contributed by atoms with Crippen LogP contribution in [0, 0.1) is 5.92 Å². The molecule has 0 aliphatic carbocycles. The van der Waals surface area contributed by atoms with Crippen molar-refractivity contribution in [3.05, 3.63) is 56.2 Å². The van der Waals surface area contributed by atoms with E-state index in [1.54, 1.807) is 23.5 Å². The second-order valence-electron chi connectivity index (χ2n) is 5.23. The van der Waals surface area contributed by atoms with Crippen LogP contribution in [0.5, 0.6) is 0 Å². The molecule has 0 saturated heterocycles. The summed E-state index contributed by atoms with van der Waals surface area (Å²) >= 11 is 13.5. The zero-order chi connectivity index (χ0) is 15.4. The number of carbonyl (C=O) groups excluding carboxylic acids is 1. The molecule has 1 N–H and O–H groups in total. The minimum atomic E-state index is -0.0134. The van der Waals surface area contributed by atoms with Gasteiger partial charge in [0.2, 0.25) is 5.91 Å². The van der Waals surface area contributed by atoms with Gasteiger partial charge in [0, 0.05) is 4.88 Å². The fraction of sp³-hybridized carbons (Fsp3) is 0.312. The molecule has 0 saturated carbocycles. The molecule has 0 fully saturated rings. The summed E-state index contributed by atoms with van der Waals surface area (Å²) in [5, 5.41) is 6.09. The molecule has 112 valence electrons. The maximum atomic E-state index is 12.2. The molecule has 1 atom stereocenters. The van der Waals surface area contributed by atoms with Crippen LogP contribution in [0.4, 0.5) is 0 Å². The molecule has 0 bridgehead atoms. The fourth-order valence-corrected chi connectivity index (χ4v) is 3.36. The van der Waals surface area contributed by atoms with Crippen LogP contribution in [-0.4, -0.2) is 5.91 Å². The lowest BCUT2D eigenvalue weighted by Crippen LogP contribution is -2.32. The van der Waals surface area contributed by atoms with Gasteiger partial charge in [-0.3, -0.25) is 4.79 Å². The van der Waals surface area contributed by atoms with Crippen molar-refractivity contribution in [3.8, 4) is 0 Å².